The summed E-state index contributed by atoms with van der Waals surface area (Å²) in [7, 11) is 2.14. The molecule has 3 aromatic rings. The number of carbonyl (C=O) groups is 2. The molecule has 10 heteroatoms. The fourth-order valence-electron chi connectivity index (χ4n) is 5.90. The van der Waals surface area contributed by atoms with E-state index in [1.165, 1.54) is 0 Å². The van der Waals surface area contributed by atoms with Crippen molar-refractivity contribution >= 4 is 23.0 Å². The monoisotopic (exact) mass is 489 g/mol. The zero-order chi connectivity index (χ0) is 24.9. The molecule has 1 aliphatic heterocycles. The number of pyridine rings is 2. The van der Waals surface area contributed by atoms with E-state index in [9.17, 15) is 9.59 Å². The SMILES string of the molecule is CN1CCN(c2ccc3c(C(=O)NC4CC5(C4)CC(Oc4ncccc4C(N)=O)C5)cnn3c2)CC1. The second-order valence-corrected chi connectivity index (χ2v) is 10.5. The van der Waals surface area contributed by atoms with Crippen LogP contribution in [0.5, 0.6) is 5.88 Å². The molecule has 0 atom stereocenters. The molecular formula is C26H31N7O3. The van der Waals surface area contributed by atoms with Crippen LogP contribution >= 0.6 is 0 Å². The van der Waals surface area contributed by atoms with Crippen LogP contribution < -0.4 is 20.7 Å². The summed E-state index contributed by atoms with van der Waals surface area (Å²) in [4.78, 5) is 33.4. The van der Waals surface area contributed by atoms with E-state index in [0.717, 1.165) is 63.1 Å². The van der Waals surface area contributed by atoms with Gasteiger partial charge in [0.05, 0.1) is 29.2 Å². The van der Waals surface area contributed by atoms with Gasteiger partial charge in [-0.25, -0.2) is 9.50 Å². The van der Waals surface area contributed by atoms with Crippen LogP contribution in [0, 0.1) is 5.41 Å². The first kappa shape index (κ1) is 22.8. The maximum absolute atomic E-state index is 13.0. The van der Waals surface area contributed by atoms with Crippen LogP contribution in [-0.4, -0.2) is 76.7 Å². The van der Waals surface area contributed by atoms with Crippen LogP contribution in [0.1, 0.15) is 46.4 Å². The van der Waals surface area contributed by atoms with Crippen LogP contribution in [-0.2, 0) is 0 Å². The van der Waals surface area contributed by atoms with Crippen molar-refractivity contribution in [2.24, 2.45) is 11.1 Å². The summed E-state index contributed by atoms with van der Waals surface area (Å²) in [5.74, 6) is -0.316. The molecule has 4 heterocycles. The number of nitrogens with zero attached hydrogens (tertiary/aromatic N) is 5. The number of nitrogens with two attached hydrogens (primary N) is 1. The molecule has 2 aliphatic carbocycles. The summed E-state index contributed by atoms with van der Waals surface area (Å²) in [5.41, 5.74) is 8.47. The lowest BCUT2D eigenvalue weighted by molar-refractivity contribution is -0.0848. The molecule has 0 bridgehead atoms. The van der Waals surface area contributed by atoms with Crippen molar-refractivity contribution in [2.45, 2.75) is 37.8 Å². The Kier molecular flexibility index (Phi) is 5.55. The largest absolute Gasteiger partial charge is 0.474 e. The van der Waals surface area contributed by atoms with Crippen molar-refractivity contribution in [1.29, 1.82) is 0 Å². The summed E-state index contributed by atoms with van der Waals surface area (Å²) in [6.45, 7) is 4.05. The molecule has 0 aromatic carbocycles. The number of primary amides is 1. The lowest BCUT2D eigenvalue weighted by Crippen LogP contribution is -2.58. The number of likely N-dealkylation sites (N-methyl/N-ethyl adjacent to an activating group) is 1. The van der Waals surface area contributed by atoms with Crippen LogP contribution in [0.4, 0.5) is 5.69 Å². The highest BCUT2D eigenvalue weighted by Crippen LogP contribution is 2.56. The summed E-state index contributed by atoms with van der Waals surface area (Å²) in [6.07, 6.45) is 8.91. The molecule has 36 heavy (non-hydrogen) atoms. The number of hydrogen-bond acceptors (Lipinski definition) is 7. The predicted molar refractivity (Wildman–Crippen MR) is 134 cm³/mol. The topological polar surface area (TPSA) is 118 Å². The fourth-order valence-corrected chi connectivity index (χ4v) is 5.90. The van der Waals surface area contributed by atoms with Crippen molar-refractivity contribution in [2.75, 3.05) is 38.1 Å². The van der Waals surface area contributed by atoms with Gasteiger partial charge in [-0.05, 0) is 62.4 Å². The van der Waals surface area contributed by atoms with Gasteiger partial charge in [0.1, 0.15) is 11.7 Å². The van der Waals surface area contributed by atoms with Gasteiger partial charge in [0.25, 0.3) is 11.8 Å². The van der Waals surface area contributed by atoms with E-state index in [0.29, 0.717) is 17.0 Å². The summed E-state index contributed by atoms with van der Waals surface area (Å²) >= 11 is 0. The first-order valence-electron chi connectivity index (χ1n) is 12.5. The van der Waals surface area contributed by atoms with Gasteiger partial charge in [-0.3, -0.25) is 9.59 Å². The molecule has 3 N–H and O–H groups in total. The number of fused-ring (bicyclic) bond motifs is 1. The Bertz CT molecular complexity index is 1300. The summed E-state index contributed by atoms with van der Waals surface area (Å²) < 4.78 is 7.74. The zero-order valence-electron chi connectivity index (χ0n) is 20.4. The van der Waals surface area contributed by atoms with Gasteiger partial charge >= 0.3 is 0 Å². The molecule has 188 valence electrons. The smallest absolute Gasteiger partial charge is 0.255 e. The Hall–Kier alpha value is -3.66. The number of piperazine rings is 1. The van der Waals surface area contributed by atoms with Crippen LogP contribution in [0.15, 0.2) is 42.9 Å². The zero-order valence-corrected chi connectivity index (χ0v) is 20.4. The fraction of sp³-hybridized carbons (Fsp3) is 0.462. The Labute approximate surface area is 209 Å². The molecular weight excluding hydrogens is 458 g/mol. The van der Waals surface area contributed by atoms with E-state index < -0.39 is 5.91 Å². The number of aromatic nitrogens is 3. The summed E-state index contributed by atoms with van der Waals surface area (Å²) in [5, 5.41) is 7.63. The van der Waals surface area contributed by atoms with Gasteiger partial charge in [-0.2, -0.15) is 5.10 Å². The van der Waals surface area contributed by atoms with Crippen molar-refractivity contribution in [3.8, 4) is 5.88 Å². The van der Waals surface area contributed by atoms with Gasteiger partial charge in [0.2, 0.25) is 5.88 Å². The maximum Gasteiger partial charge on any atom is 0.255 e. The van der Waals surface area contributed by atoms with Crippen molar-refractivity contribution in [3.05, 3.63) is 54.0 Å². The highest BCUT2D eigenvalue weighted by Gasteiger charge is 2.54. The number of rotatable bonds is 6. The maximum atomic E-state index is 13.0. The van der Waals surface area contributed by atoms with E-state index in [2.05, 4.69) is 38.3 Å². The third-order valence-corrected chi connectivity index (χ3v) is 7.94. The predicted octanol–water partition coefficient (Wildman–Crippen LogP) is 1.70. The van der Waals surface area contributed by atoms with Gasteiger partial charge in [0.15, 0.2) is 0 Å². The quantitative estimate of drug-likeness (QED) is 0.541. The minimum absolute atomic E-state index is 0.0174. The van der Waals surface area contributed by atoms with Gasteiger partial charge in [0, 0.05) is 38.4 Å². The van der Waals surface area contributed by atoms with Crippen molar-refractivity contribution in [3.63, 3.8) is 0 Å². The average Bonchev–Trinajstić information content (AvgIpc) is 3.25. The number of amides is 2. The Balaban J connectivity index is 1.02. The minimum Gasteiger partial charge on any atom is -0.474 e. The first-order chi connectivity index (χ1) is 17.4. The van der Waals surface area contributed by atoms with Crippen molar-refractivity contribution in [1.82, 2.24) is 24.8 Å². The van der Waals surface area contributed by atoms with Gasteiger partial charge < -0.3 is 25.6 Å². The molecule has 3 fully saturated rings. The Morgan fingerprint density at radius 3 is 2.61 bits per heavy atom. The number of ether oxygens (including phenoxy) is 1. The molecule has 2 saturated carbocycles. The molecule has 1 spiro atoms. The third kappa shape index (κ3) is 4.15. The molecule has 0 radical (unpaired) electrons. The normalized spacial score (nSPS) is 25.9. The molecule has 0 unspecified atom stereocenters. The van der Waals surface area contributed by atoms with E-state index >= 15 is 0 Å². The molecule has 2 amide bonds. The standard InChI is InChI=1S/C26H31N7O3/c1-31-7-9-32(10-8-31)18-4-5-22-21(15-29-33(22)16-18)24(35)30-17-11-26(12-17)13-19(14-26)36-25-20(23(27)34)3-2-6-28-25/h2-6,15-17,19H,7-14H2,1H3,(H2,27,34)(H,30,35). The molecule has 10 nitrogen and oxygen atoms in total. The van der Waals surface area contributed by atoms with Crippen molar-refractivity contribution < 1.29 is 14.3 Å². The lowest BCUT2D eigenvalue weighted by atomic mass is 9.53. The average molecular weight is 490 g/mol. The molecule has 1 saturated heterocycles. The number of nitrogens with one attached hydrogen (secondary N) is 1. The van der Waals surface area contributed by atoms with Gasteiger partial charge in [-0.1, -0.05) is 0 Å². The number of hydrogen-bond donors (Lipinski definition) is 2. The number of carbonyl (C=O) groups excluding carboxylic acids is 2. The highest BCUT2D eigenvalue weighted by molar-refractivity contribution is 6.01. The Morgan fingerprint density at radius 1 is 1.08 bits per heavy atom. The summed E-state index contributed by atoms with van der Waals surface area (Å²) in [6, 6.07) is 7.52. The van der Waals surface area contributed by atoms with Crippen LogP contribution in [0.25, 0.3) is 5.52 Å². The Morgan fingerprint density at radius 2 is 1.86 bits per heavy atom. The van der Waals surface area contributed by atoms with E-state index in [1.807, 2.05) is 12.3 Å². The molecule has 3 aliphatic rings. The lowest BCUT2D eigenvalue weighted by Gasteiger charge is -2.57. The van der Waals surface area contributed by atoms with E-state index in [-0.39, 0.29) is 23.5 Å². The second-order valence-electron chi connectivity index (χ2n) is 10.5. The molecule has 6 rings (SSSR count). The third-order valence-electron chi connectivity index (χ3n) is 7.94. The van der Waals surface area contributed by atoms with E-state index in [1.54, 1.807) is 29.0 Å². The van der Waals surface area contributed by atoms with Gasteiger partial charge in [-0.15, -0.1) is 0 Å². The van der Waals surface area contributed by atoms with E-state index in [4.69, 9.17) is 10.5 Å². The second kappa shape index (κ2) is 8.77. The molecule has 3 aromatic heterocycles. The van der Waals surface area contributed by atoms with Crippen LogP contribution in [0.3, 0.4) is 0 Å². The highest BCUT2D eigenvalue weighted by atomic mass is 16.5. The minimum atomic E-state index is -0.540. The van der Waals surface area contributed by atoms with Crippen LogP contribution in [0.2, 0.25) is 0 Å². The first-order valence-corrected chi connectivity index (χ1v) is 12.5. The number of anilines is 1.